The maximum atomic E-state index is 13.6. The van der Waals surface area contributed by atoms with Crippen molar-refractivity contribution in [1.29, 1.82) is 0 Å². The molecule has 3 atom stereocenters. The molecule has 2 N–H and O–H groups in total. The van der Waals surface area contributed by atoms with E-state index >= 15 is 0 Å². The number of fused-ring (bicyclic) bond motifs is 1. The van der Waals surface area contributed by atoms with E-state index in [2.05, 4.69) is 10.6 Å². The number of para-hydroxylation sites is 2. The van der Waals surface area contributed by atoms with Gasteiger partial charge in [0.25, 0.3) is 0 Å². The van der Waals surface area contributed by atoms with Gasteiger partial charge in [0.05, 0.1) is 38.7 Å². The predicted molar refractivity (Wildman–Crippen MR) is 117 cm³/mol. The maximum Gasteiger partial charge on any atom is 0.316 e. The highest BCUT2D eigenvalue weighted by Crippen LogP contribution is 2.44. The van der Waals surface area contributed by atoms with Crippen LogP contribution in [0.1, 0.15) is 24.9 Å². The summed E-state index contributed by atoms with van der Waals surface area (Å²) in [5.74, 6) is -0.581. The lowest BCUT2D eigenvalue weighted by atomic mass is 9.75. The minimum Gasteiger partial charge on any atom is -0.493 e. The van der Waals surface area contributed by atoms with Crippen molar-refractivity contribution in [1.82, 2.24) is 0 Å². The molecule has 0 fully saturated rings. The van der Waals surface area contributed by atoms with Crippen LogP contribution in [0.2, 0.25) is 0 Å². The summed E-state index contributed by atoms with van der Waals surface area (Å²) in [6.07, 6.45) is 0.556. The quantitative estimate of drug-likeness (QED) is 0.570. The number of Topliss-reactive ketones (excluding diaryl/α,β-unsaturated/α-hetero) is 1. The zero-order valence-electron chi connectivity index (χ0n) is 18.0. The highest BCUT2D eigenvalue weighted by atomic mass is 16.5. The molecule has 2 aliphatic rings. The van der Waals surface area contributed by atoms with E-state index < -0.39 is 17.9 Å². The Kier molecular flexibility index (Phi) is 5.59. The van der Waals surface area contributed by atoms with Crippen LogP contribution in [0.15, 0.2) is 53.7 Å². The van der Waals surface area contributed by atoms with Crippen molar-refractivity contribution < 1.29 is 23.8 Å². The number of hydrogen-bond acceptors (Lipinski definition) is 7. The van der Waals surface area contributed by atoms with Crippen LogP contribution in [0.25, 0.3) is 0 Å². The highest BCUT2D eigenvalue weighted by Gasteiger charge is 2.44. The van der Waals surface area contributed by atoms with Crippen LogP contribution in [0.5, 0.6) is 11.5 Å². The van der Waals surface area contributed by atoms with Crippen molar-refractivity contribution in [2.45, 2.75) is 19.4 Å². The third-order valence-electron chi connectivity index (χ3n) is 5.97. The van der Waals surface area contributed by atoms with Gasteiger partial charge in [-0.2, -0.15) is 0 Å². The lowest BCUT2D eigenvalue weighted by Crippen LogP contribution is -2.39. The van der Waals surface area contributed by atoms with E-state index in [-0.39, 0.29) is 11.7 Å². The standard InChI is InChI=1S/C24H26N2O5/c1-13-11-17-21(23(27)20(13)24(28)31-4)22(26-16-8-6-5-7-15(16)25-17)14-9-10-18(29-2)19(12-14)30-3/h5-10,12-13,20,22,25-26H,11H2,1-4H3/t13-,20+,22-/m0/s1. The fourth-order valence-corrected chi connectivity index (χ4v) is 4.42. The van der Waals surface area contributed by atoms with Gasteiger partial charge in [-0.3, -0.25) is 9.59 Å². The van der Waals surface area contributed by atoms with Crippen molar-refractivity contribution in [2.24, 2.45) is 11.8 Å². The fourth-order valence-electron chi connectivity index (χ4n) is 4.42. The fraction of sp³-hybridized carbons (Fsp3) is 0.333. The molecular weight excluding hydrogens is 396 g/mol. The number of esters is 1. The molecule has 0 amide bonds. The number of carbonyl (C=O) groups is 2. The zero-order valence-corrected chi connectivity index (χ0v) is 18.0. The Morgan fingerprint density at radius 1 is 1.00 bits per heavy atom. The summed E-state index contributed by atoms with van der Waals surface area (Å²) in [5.41, 5.74) is 3.93. The summed E-state index contributed by atoms with van der Waals surface area (Å²) in [7, 11) is 4.47. The molecule has 0 unspecified atom stereocenters. The van der Waals surface area contributed by atoms with E-state index in [1.807, 2.05) is 49.4 Å². The van der Waals surface area contributed by atoms with Crippen molar-refractivity contribution in [3.8, 4) is 11.5 Å². The number of nitrogens with one attached hydrogen (secondary N) is 2. The molecule has 0 aromatic heterocycles. The molecule has 2 aromatic carbocycles. The number of methoxy groups -OCH3 is 3. The Hall–Kier alpha value is -3.48. The predicted octanol–water partition coefficient (Wildman–Crippen LogP) is 3.93. The SMILES string of the molecule is COC(=O)[C@H]1C(=O)C2=C(C[C@@H]1C)Nc1ccccc1N[C@H]2c1ccc(OC)c(OC)c1. The van der Waals surface area contributed by atoms with Gasteiger partial charge in [0.2, 0.25) is 0 Å². The van der Waals surface area contributed by atoms with Crippen molar-refractivity contribution in [3.05, 3.63) is 59.3 Å². The number of anilines is 2. The molecule has 162 valence electrons. The molecule has 0 bridgehead atoms. The average molecular weight is 422 g/mol. The average Bonchev–Trinajstić information content (AvgIpc) is 2.94. The van der Waals surface area contributed by atoms with Crippen molar-refractivity contribution >= 4 is 23.1 Å². The van der Waals surface area contributed by atoms with Crippen molar-refractivity contribution in [2.75, 3.05) is 32.0 Å². The van der Waals surface area contributed by atoms with Gasteiger partial charge in [-0.15, -0.1) is 0 Å². The van der Waals surface area contributed by atoms with Gasteiger partial charge in [0, 0.05) is 11.3 Å². The number of allylic oxidation sites excluding steroid dienone is 1. The lowest BCUT2D eigenvalue weighted by Gasteiger charge is -2.32. The van der Waals surface area contributed by atoms with E-state index in [9.17, 15) is 9.59 Å². The lowest BCUT2D eigenvalue weighted by molar-refractivity contribution is -0.151. The van der Waals surface area contributed by atoms with Crippen LogP contribution < -0.4 is 20.1 Å². The van der Waals surface area contributed by atoms with Gasteiger partial charge in [0.15, 0.2) is 17.3 Å². The topological polar surface area (TPSA) is 85.9 Å². The molecule has 1 aliphatic heterocycles. The normalized spacial score (nSPS) is 22.3. The number of ether oxygens (including phenoxy) is 3. The van der Waals surface area contributed by atoms with Crippen LogP contribution in [0.4, 0.5) is 11.4 Å². The van der Waals surface area contributed by atoms with Crippen LogP contribution in [0.3, 0.4) is 0 Å². The minimum atomic E-state index is -0.837. The van der Waals surface area contributed by atoms with Gasteiger partial charge < -0.3 is 24.8 Å². The second-order valence-electron chi connectivity index (χ2n) is 7.80. The first kappa shape index (κ1) is 20.8. The third kappa shape index (κ3) is 3.60. The summed E-state index contributed by atoms with van der Waals surface area (Å²) in [6.45, 7) is 1.90. The largest absolute Gasteiger partial charge is 0.493 e. The molecule has 1 heterocycles. The third-order valence-corrected chi connectivity index (χ3v) is 5.97. The van der Waals surface area contributed by atoms with E-state index in [0.29, 0.717) is 23.5 Å². The molecule has 0 saturated carbocycles. The summed E-state index contributed by atoms with van der Waals surface area (Å²) >= 11 is 0. The molecule has 2 aromatic rings. The second kappa shape index (κ2) is 8.34. The van der Waals surface area contributed by atoms with E-state index in [0.717, 1.165) is 22.6 Å². The Labute approximate surface area is 181 Å². The second-order valence-corrected chi connectivity index (χ2v) is 7.80. The number of benzene rings is 2. The highest BCUT2D eigenvalue weighted by molar-refractivity contribution is 6.11. The Balaban J connectivity index is 1.88. The van der Waals surface area contributed by atoms with Gasteiger partial charge in [-0.1, -0.05) is 25.1 Å². The Morgan fingerprint density at radius 2 is 1.71 bits per heavy atom. The number of rotatable bonds is 4. The molecular formula is C24H26N2O5. The molecule has 31 heavy (non-hydrogen) atoms. The first-order chi connectivity index (χ1) is 15.0. The summed E-state index contributed by atoms with van der Waals surface area (Å²) in [4.78, 5) is 26.1. The van der Waals surface area contributed by atoms with E-state index in [1.165, 1.54) is 7.11 Å². The van der Waals surface area contributed by atoms with E-state index in [4.69, 9.17) is 14.2 Å². The van der Waals surface area contributed by atoms with E-state index in [1.54, 1.807) is 14.2 Å². The minimum absolute atomic E-state index is 0.178. The molecule has 7 heteroatoms. The number of hydrogen-bond donors (Lipinski definition) is 2. The van der Waals surface area contributed by atoms with Gasteiger partial charge in [-0.05, 0) is 42.2 Å². The van der Waals surface area contributed by atoms with Gasteiger partial charge in [0.1, 0.15) is 5.92 Å². The van der Waals surface area contributed by atoms with Crippen LogP contribution in [0, 0.1) is 11.8 Å². The van der Waals surface area contributed by atoms with Crippen molar-refractivity contribution in [3.63, 3.8) is 0 Å². The Morgan fingerprint density at radius 3 is 2.39 bits per heavy atom. The van der Waals surface area contributed by atoms with Crippen LogP contribution in [-0.2, 0) is 14.3 Å². The zero-order chi connectivity index (χ0) is 22.1. The number of carbonyl (C=O) groups excluding carboxylic acids is 2. The molecule has 7 nitrogen and oxygen atoms in total. The monoisotopic (exact) mass is 422 g/mol. The molecule has 0 saturated heterocycles. The first-order valence-electron chi connectivity index (χ1n) is 10.2. The summed E-state index contributed by atoms with van der Waals surface area (Å²) in [6, 6.07) is 12.9. The van der Waals surface area contributed by atoms with Crippen LogP contribution >= 0.6 is 0 Å². The molecule has 4 rings (SSSR count). The molecule has 1 aliphatic carbocycles. The molecule has 0 radical (unpaired) electrons. The summed E-state index contributed by atoms with van der Waals surface area (Å²) in [5, 5.41) is 6.94. The smallest absolute Gasteiger partial charge is 0.316 e. The maximum absolute atomic E-state index is 13.6. The molecule has 0 spiro atoms. The first-order valence-corrected chi connectivity index (χ1v) is 10.2. The van der Waals surface area contributed by atoms with Gasteiger partial charge in [-0.25, -0.2) is 0 Å². The van der Waals surface area contributed by atoms with Gasteiger partial charge >= 0.3 is 5.97 Å². The van der Waals surface area contributed by atoms with Crippen LogP contribution in [-0.4, -0.2) is 33.1 Å². The Bertz CT molecular complexity index is 1060. The number of ketones is 1. The summed E-state index contributed by atoms with van der Waals surface area (Å²) < 4.78 is 15.8.